The molecule has 19 heavy (non-hydrogen) atoms. The number of esters is 1. The molecule has 1 aliphatic rings. The van der Waals surface area contributed by atoms with Gasteiger partial charge in [0.15, 0.2) is 0 Å². The molecule has 0 bridgehead atoms. The Hall–Kier alpha value is -0.940. The van der Waals surface area contributed by atoms with E-state index in [1.165, 1.54) is 7.11 Å². The Labute approximate surface area is 121 Å². The number of carbonyl (C=O) groups is 1. The van der Waals surface area contributed by atoms with E-state index in [2.05, 4.69) is 20.9 Å². The summed E-state index contributed by atoms with van der Waals surface area (Å²) in [5, 5.41) is 0. The van der Waals surface area contributed by atoms with E-state index in [9.17, 15) is 4.79 Å². The summed E-state index contributed by atoms with van der Waals surface area (Å²) >= 11 is 3.35. The maximum absolute atomic E-state index is 11.4. The summed E-state index contributed by atoms with van der Waals surface area (Å²) in [6.45, 7) is 0.529. The van der Waals surface area contributed by atoms with E-state index in [0.717, 1.165) is 35.8 Å². The van der Waals surface area contributed by atoms with Crippen LogP contribution in [0.25, 0.3) is 0 Å². The van der Waals surface area contributed by atoms with Crippen molar-refractivity contribution in [2.24, 2.45) is 5.92 Å². The molecule has 1 aromatic rings. The Bertz CT molecular complexity index is 413. The van der Waals surface area contributed by atoms with Crippen molar-refractivity contribution in [2.75, 3.05) is 7.11 Å². The highest BCUT2D eigenvalue weighted by Gasteiger charge is 2.27. The number of ether oxygens (including phenoxy) is 2. The Kier molecular flexibility index (Phi) is 5.34. The van der Waals surface area contributed by atoms with Crippen LogP contribution in [-0.4, -0.2) is 24.2 Å². The molecule has 2 rings (SSSR count). The van der Waals surface area contributed by atoms with Crippen LogP contribution in [-0.2, 0) is 20.9 Å². The summed E-state index contributed by atoms with van der Waals surface area (Å²) in [6, 6.07) is 3.91. The van der Waals surface area contributed by atoms with Crippen molar-refractivity contribution in [2.45, 2.75) is 38.4 Å². The summed E-state index contributed by atoms with van der Waals surface area (Å²) in [5.41, 5.74) is 0.929. The molecular formula is C14H18BrNO3. The Morgan fingerprint density at radius 1 is 1.37 bits per heavy atom. The minimum atomic E-state index is -0.0898. The fraction of sp³-hybridized carbons (Fsp3) is 0.571. The summed E-state index contributed by atoms with van der Waals surface area (Å²) in [6.07, 6.45) is 5.53. The fourth-order valence-electron chi connectivity index (χ4n) is 2.33. The number of hydrogen-bond donors (Lipinski definition) is 0. The lowest BCUT2D eigenvalue weighted by Crippen LogP contribution is -2.26. The lowest BCUT2D eigenvalue weighted by molar-refractivity contribution is -0.147. The van der Waals surface area contributed by atoms with Crippen LogP contribution in [0.2, 0.25) is 0 Å². The molecule has 1 aromatic heterocycles. The molecule has 1 aliphatic carbocycles. The van der Waals surface area contributed by atoms with Gasteiger partial charge in [0.05, 0.1) is 31.4 Å². The first-order valence-corrected chi connectivity index (χ1v) is 7.28. The molecule has 104 valence electrons. The SMILES string of the molecule is COC(=O)C1CCC(OCc2ccc(Br)cn2)CC1. The van der Waals surface area contributed by atoms with Crippen molar-refractivity contribution in [1.82, 2.24) is 4.98 Å². The topological polar surface area (TPSA) is 48.4 Å². The van der Waals surface area contributed by atoms with Gasteiger partial charge >= 0.3 is 5.97 Å². The first-order chi connectivity index (χ1) is 9.19. The normalized spacial score (nSPS) is 23.1. The standard InChI is InChI=1S/C14H18BrNO3/c1-18-14(17)10-2-6-13(7-3-10)19-9-12-5-4-11(15)8-16-12/h4-5,8,10,13H,2-3,6-7,9H2,1H3. The van der Waals surface area contributed by atoms with Gasteiger partial charge in [-0.1, -0.05) is 0 Å². The zero-order chi connectivity index (χ0) is 13.7. The molecule has 1 fully saturated rings. The number of hydrogen-bond acceptors (Lipinski definition) is 4. The summed E-state index contributed by atoms with van der Waals surface area (Å²) in [5.74, 6) is -0.0383. The first-order valence-electron chi connectivity index (χ1n) is 6.49. The van der Waals surface area contributed by atoms with Crippen LogP contribution in [0.3, 0.4) is 0 Å². The molecule has 0 aromatic carbocycles. The molecule has 0 unspecified atom stereocenters. The third kappa shape index (κ3) is 4.28. The second-order valence-corrected chi connectivity index (χ2v) is 5.69. The largest absolute Gasteiger partial charge is 0.469 e. The minimum Gasteiger partial charge on any atom is -0.469 e. The lowest BCUT2D eigenvalue weighted by atomic mass is 9.87. The molecule has 5 heteroatoms. The molecule has 0 N–H and O–H groups in total. The number of rotatable bonds is 4. The number of aromatic nitrogens is 1. The Balaban J connectivity index is 1.74. The van der Waals surface area contributed by atoms with Crippen molar-refractivity contribution >= 4 is 21.9 Å². The van der Waals surface area contributed by atoms with Crippen LogP contribution in [0, 0.1) is 5.92 Å². The highest BCUT2D eigenvalue weighted by Crippen LogP contribution is 2.27. The van der Waals surface area contributed by atoms with Crippen molar-refractivity contribution in [1.29, 1.82) is 0 Å². The molecule has 0 saturated heterocycles. The number of carbonyl (C=O) groups excluding carboxylic acids is 1. The van der Waals surface area contributed by atoms with Gasteiger partial charge in [-0.25, -0.2) is 0 Å². The second-order valence-electron chi connectivity index (χ2n) is 4.78. The summed E-state index contributed by atoms with van der Waals surface area (Å²) < 4.78 is 11.6. The first kappa shape index (κ1) is 14.5. The van der Waals surface area contributed by atoms with E-state index < -0.39 is 0 Å². The van der Waals surface area contributed by atoms with Crippen molar-refractivity contribution in [3.63, 3.8) is 0 Å². The third-order valence-electron chi connectivity index (χ3n) is 3.46. The van der Waals surface area contributed by atoms with E-state index in [0.29, 0.717) is 6.61 Å². The molecule has 1 saturated carbocycles. The molecule has 0 amide bonds. The molecule has 0 aliphatic heterocycles. The van der Waals surface area contributed by atoms with Crippen LogP contribution in [0.4, 0.5) is 0 Å². The molecular weight excluding hydrogens is 310 g/mol. The lowest BCUT2D eigenvalue weighted by Gasteiger charge is -2.26. The predicted octanol–water partition coefficient (Wildman–Crippen LogP) is 3.09. The van der Waals surface area contributed by atoms with Crippen molar-refractivity contribution in [3.05, 3.63) is 28.5 Å². The van der Waals surface area contributed by atoms with Crippen molar-refractivity contribution in [3.8, 4) is 0 Å². The fourth-order valence-corrected chi connectivity index (χ4v) is 2.56. The van der Waals surface area contributed by atoms with Crippen molar-refractivity contribution < 1.29 is 14.3 Å². The van der Waals surface area contributed by atoms with Crippen LogP contribution in [0.15, 0.2) is 22.8 Å². The zero-order valence-electron chi connectivity index (χ0n) is 11.0. The number of methoxy groups -OCH3 is 1. The third-order valence-corrected chi connectivity index (χ3v) is 3.93. The quantitative estimate of drug-likeness (QED) is 0.797. The molecule has 0 atom stereocenters. The van der Waals surface area contributed by atoms with Gasteiger partial charge in [-0.15, -0.1) is 0 Å². The second kappa shape index (κ2) is 7.01. The van der Waals surface area contributed by atoms with E-state index in [-0.39, 0.29) is 18.0 Å². The van der Waals surface area contributed by atoms with Crippen LogP contribution >= 0.6 is 15.9 Å². The maximum Gasteiger partial charge on any atom is 0.308 e. The number of pyridine rings is 1. The molecule has 0 radical (unpaired) electrons. The van der Waals surface area contributed by atoms with Gasteiger partial charge in [-0.3, -0.25) is 9.78 Å². The van der Waals surface area contributed by atoms with Gasteiger partial charge in [0.2, 0.25) is 0 Å². The number of nitrogens with zero attached hydrogens (tertiary/aromatic N) is 1. The van der Waals surface area contributed by atoms with Crippen LogP contribution in [0.1, 0.15) is 31.4 Å². The highest BCUT2D eigenvalue weighted by molar-refractivity contribution is 9.10. The van der Waals surface area contributed by atoms with E-state index >= 15 is 0 Å². The van der Waals surface area contributed by atoms with Gasteiger partial charge < -0.3 is 9.47 Å². The van der Waals surface area contributed by atoms with E-state index in [1.54, 1.807) is 6.20 Å². The Morgan fingerprint density at radius 3 is 2.68 bits per heavy atom. The number of halogens is 1. The average Bonchev–Trinajstić information content (AvgIpc) is 2.46. The van der Waals surface area contributed by atoms with E-state index in [4.69, 9.17) is 9.47 Å². The highest BCUT2D eigenvalue weighted by atomic mass is 79.9. The van der Waals surface area contributed by atoms with E-state index in [1.807, 2.05) is 12.1 Å². The van der Waals surface area contributed by atoms with Gasteiger partial charge in [0.25, 0.3) is 0 Å². The average molecular weight is 328 g/mol. The summed E-state index contributed by atoms with van der Waals surface area (Å²) in [7, 11) is 1.45. The van der Waals surface area contributed by atoms with Crippen LogP contribution < -0.4 is 0 Å². The van der Waals surface area contributed by atoms with Gasteiger partial charge in [0, 0.05) is 10.7 Å². The maximum atomic E-state index is 11.4. The van der Waals surface area contributed by atoms with Gasteiger partial charge in [0.1, 0.15) is 0 Å². The van der Waals surface area contributed by atoms with Gasteiger partial charge in [-0.2, -0.15) is 0 Å². The predicted molar refractivity (Wildman–Crippen MR) is 74.5 cm³/mol. The zero-order valence-corrected chi connectivity index (χ0v) is 12.6. The van der Waals surface area contributed by atoms with Gasteiger partial charge in [-0.05, 0) is 53.7 Å². The molecule has 0 spiro atoms. The smallest absolute Gasteiger partial charge is 0.308 e. The minimum absolute atomic E-state index is 0.0515. The van der Waals surface area contributed by atoms with Crippen LogP contribution in [0.5, 0.6) is 0 Å². The monoisotopic (exact) mass is 327 g/mol. The Morgan fingerprint density at radius 2 is 2.11 bits per heavy atom. The molecule has 4 nitrogen and oxygen atoms in total. The summed E-state index contributed by atoms with van der Waals surface area (Å²) in [4.78, 5) is 15.7. The molecule has 1 heterocycles.